The van der Waals surface area contributed by atoms with Crippen LogP contribution in [0.3, 0.4) is 0 Å². The normalized spacial score (nSPS) is 20.6. The molecule has 50 heavy (non-hydrogen) atoms. The SMILES string of the molecule is C[C@@H](OC[C@@]1(c2ccccc2)CCC(C#N)(NS(=O)(=O)CCCCl)CN1C(=O)OCc1ccccc1)c1cc(C(F)(F)F)cc(C(F)(F)F)c1. The van der Waals surface area contributed by atoms with E-state index in [4.69, 9.17) is 21.1 Å². The Morgan fingerprint density at radius 1 is 0.980 bits per heavy atom. The molecule has 270 valence electrons. The van der Waals surface area contributed by atoms with Crippen LogP contribution >= 0.6 is 11.6 Å². The lowest BCUT2D eigenvalue weighted by molar-refractivity contribution is -0.143. The van der Waals surface area contributed by atoms with E-state index in [1.807, 2.05) is 6.07 Å². The van der Waals surface area contributed by atoms with Crippen molar-refractivity contribution in [1.82, 2.24) is 9.62 Å². The molecule has 1 amide bonds. The van der Waals surface area contributed by atoms with Gasteiger partial charge in [-0.15, -0.1) is 11.6 Å². The number of hydrogen-bond acceptors (Lipinski definition) is 6. The quantitative estimate of drug-likeness (QED) is 0.149. The van der Waals surface area contributed by atoms with Gasteiger partial charge in [0, 0.05) is 5.88 Å². The Kier molecular flexibility index (Phi) is 12.1. The fourth-order valence-corrected chi connectivity index (χ4v) is 7.46. The number of benzene rings is 3. The van der Waals surface area contributed by atoms with E-state index in [1.54, 1.807) is 60.7 Å². The molecular weight excluding hydrogens is 712 g/mol. The van der Waals surface area contributed by atoms with Gasteiger partial charge in [-0.1, -0.05) is 60.7 Å². The van der Waals surface area contributed by atoms with E-state index in [-0.39, 0.29) is 43.6 Å². The van der Waals surface area contributed by atoms with Gasteiger partial charge in [0.25, 0.3) is 0 Å². The number of nitrogens with zero attached hydrogens (tertiary/aromatic N) is 2. The van der Waals surface area contributed by atoms with Gasteiger partial charge in [0.15, 0.2) is 0 Å². The second-order valence-electron chi connectivity index (χ2n) is 12.0. The summed E-state index contributed by atoms with van der Waals surface area (Å²) in [6.07, 6.45) is -12.7. The summed E-state index contributed by atoms with van der Waals surface area (Å²) in [6.45, 7) is 0.0614. The van der Waals surface area contributed by atoms with Gasteiger partial charge < -0.3 is 9.47 Å². The zero-order valence-corrected chi connectivity index (χ0v) is 28.3. The van der Waals surface area contributed by atoms with Crippen LogP contribution in [0.5, 0.6) is 0 Å². The van der Waals surface area contributed by atoms with Crippen LogP contribution in [-0.2, 0) is 44.0 Å². The van der Waals surface area contributed by atoms with E-state index in [0.717, 1.165) is 4.90 Å². The molecule has 0 bridgehead atoms. The second-order valence-corrected chi connectivity index (χ2v) is 14.2. The number of nitrogens with one attached hydrogen (secondary N) is 1. The molecule has 1 aliphatic heterocycles. The highest BCUT2D eigenvalue weighted by molar-refractivity contribution is 7.89. The molecule has 0 spiro atoms. The lowest BCUT2D eigenvalue weighted by Crippen LogP contribution is -2.66. The fourth-order valence-electron chi connectivity index (χ4n) is 5.74. The number of carbonyl (C=O) groups excluding carboxylic acids is 1. The van der Waals surface area contributed by atoms with Gasteiger partial charge in [0.05, 0.1) is 47.7 Å². The lowest BCUT2D eigenvalue weighted by atomic mass is 9.75. The first kappa shape index (κ1) is 39.0. The molecule has 1 aliphatic rings. The van der Waals surface area contributed by atoms with Crippen molar-refractivity contribution in [1.29, 1.82) is 5.26 Å². The number of amides is 1. The summed E-state index contributed by atoms with van der Waals surface area (Å²) in [5.74, 6) is -0.346. The van der Waals surface area contributed by atoms with Crippen LogP contribution < -0.4 is 4.72 Å². The minimum atomic E-state index is -5.08. The van der Waals surface area contributed by atoms with Gasteiger partial charge in [-0.25, -0.2) is 13.2 Å². The highest BCUT2D eigenvalue weighted by Crippen LogP contribution is 2.44. The molecule has 0 aliphatic carbocycles. The van der Waals surface area contributed by atoms with Crippen molar-refractivity contribution in [2.75, 3.05) is 24.8 Å². The molecule has 0 radical (unpaired) electrons. The van der Waals surface area contributed by atoms with Crippen LogP contribution in [0, 0.1) is 11.3 Å². The number of likely N-dealkylation sites (tertiary alicyclic amines) is 1. The minimum absolute atomic E-state index is 0.0168. The van der Waals surface area contributed by atoms with Crippen molar-refractivity contribution in [3.8, 4) is 6.07 Å². The third-order valence-corrected chi connectivity index (χ3v) is 10.2. The second kappa shape index (κ2) is 15.6. The predicted octanol–water partition coefficient (Wildman–Crippen LogP) is 7.94. The molecule has 0 aromatic heterocycles. The maximum Gasteiger partial charge on any atom is 0.416 e. The summed E-state index contributed by atoms with van der Waals surface area (Å²) in [5.41, 5.74) is -5.72. The highest BCUT2D eigenvalue weighted by atomic mass is 35.5. The average molecular weight is 746 g/mol. The van der Waals surface area contributed by atoms with E-state index >= 15 is 0 Å². The van der Waals surface area contributed by atoms with Crippen molar-refractivity contribution in [3.05, 3.63) is 107 Å². The van der Waals surface area contributed by atoms with Crippen LogP contribution in [0.2, 0.25) is 0 Å². The largest absolute Gasteiger partial charge is 0.445 e. The molecule has 3 aromatic rings. The standard InChI is InChI=1S/C34H34ClF6N3O5S/c1-24(26-17-28(33(36,37)38)19-29(18-26)34(39,40)41)49-23-32(27-11-6-3-7-12-27)14-13-31(21-42,43-50(46,47)16-8-15-35)22-44(32)30(45)48-20-25-9-4-2-5-10-25/h2-7,9-12,17-19,24,43H,8,13-16,20,22-23H2,1H3/t24-,31?,32-/m1/s1. The molecule has 3 aromatic carbocycles. The summed E-state index contributed by atoms with van der Waals surface area (Å²) in [7, 11) is -4.07. The van der Waals surface area contributed by atoms with Crippen LogP contribution in [0.25, 0.3) is 0 Å². The number of rotatable bonds is 12. The number of piperidine rings is 1. The van der Waals surface area contributed by atoms with Gasteiger partial charge in [-0.2, -0.15) is 36.3 Å². The Morgan fingerprint density at radius 2 is 1.56 bits per heavy atom. The number of halogens is 7. The highest BCUT2D eigenvalue weighted by Gasteiger charge is 2.53. The first-order chi connectivity index (χ1) is 23.4. The molecule has 1 fully saturated rings. The van der Waals surface area contributed by atoms with Gasteiger partial charge in [0.2, 0.25) is 10.0 Å². The predicted molar refractivity (Wildman–Crippen MR) is 172 cm³/mol. The monoisotopic (exact) mass is 745 g/mol. The van der Waals surface area contributed by atoms with Gasteiger partial charge in [-0.05, 0) is 61.1 Å². The molecule has 1 heterocycles. The van der Waals surface area contributed by atoms with E-state index < -0.39 is 75.5 Å². The summed E-state index contributed by atoms with van der Waals surface area (Å²) in [4.78, 5) is 15.2. The van der Waals surface area contributed by atoms with Gasteiger partial charge in [0.1, 0.15) is 12.1 Å². The lowest BCUT2D eigenvalue weighted by Gasteiger charge is -2.51. The molecule has 8 nitrogen and oxygen atoms in total. The number of sulfonamides is 1. The zero-order chi connectivity index (χ0) is 36.8. The molecule has 0 saturated carbocycles. The van der Waals surface area contributed by atoms with Crippen LogP contribution in [-0.4, -0.2) is 49.7 Å². The molecule has 1 unspecified atom stereocenters. The molecule has 4 rings (SSSR count). The summed E-state index contributed by atoms with van der Waals surface area (Å²) in [5, 5.41) is 10.3. The maximum atomic E-state index is 14.0. The number of nitriles is 1. The topological polar surface area (TPSA) is 109 Å². The Labute approximate surface area is 291 Å². The van der Waals surface area contributed by atoms with Crippen molar-refractivity contribution in [2.24, 2.45) is 0 Å². The molecule has 1 N–H and O–H groups in total. The molecule has 3 atom stereocenters. The molecule has 1 saturated heterocycles. The van der Waals surface area contributed by atoms with Crippen molar-refractivity contribution in [2.45, 2.75) is 62.3 Å². The Hall–Kier alpha value is -3.84. The third kappa shape index (κ3) is 9.48. The average Bonchev–Trinajstić information content (AvgIpc) is 3.08. The zero-order valence-electron chi connectivity index (χ0n) is 26.7. The first-order valence-corrected chi connectivity index (χ1v) is 17.6. The number of carbonyl (C=O) groups is 1. The number of hydrogen-bond donors (Lipinski definition) is 1. The Bertz CT molecular complexity index is 1740. The van der Waals surface area contributed by atoms with Crippen LogP contribution in [0.1, 0.15) is 60.1 Å². The third-order valence-electron chi connectivity index (χ3n) is 8.41. The maximum absolute atomic E-state index is 14.0. The van der Waals surface area contributed by atoms with Gasteiger partial charge >= 0.3 is 18.4 Å². The Balaban J connectivity index is 1.76. The summed E-state index contributed by atoms with van der Waals surface area (Å²) < 4.78 is 122. The van der Waals surface area contributed by atoms with Crippen molar-refractivity contribution < 1.29 is 49.0 Å². The van der Waals surface area contributed by atoms with E-state index in [9.17, 15) is 44.8 Å². The van der Waals surface area contributed by atoms with Crippen molar-refractivity contribution in [3.63, 3.8) is 0 Å². The van der Waals surface area contributed by atoms with Crippen LogP contribution in [0.4, 0.5) is 31.1 Å². The van der Waals surface area contributed by atoms with E-state index in [1.165, 1.54) is 6.92 Å². The first-order valence-electron chi connectivity index (χ1n) is 15.4. The number of ether oxygens (including phenoxy) is 2. The van der Waals surface area contributed by atoms with Crippen LogP contribution in [0.15, 0.2) is 78.9 Å². The van der Waals surface area contributed by atoms with Gasteiger partial charge in [-0.3, -0.25) is 4.90 Å². The summed E-state index contributed by atoms with van der Waals surface area (Å²) >= 11 is 5.69. The fraction of sp³-hybridized carbons (Fsp3) is 0.412. The summed E-state index contributed by atoms with van der Waals surface area (Å²) in [6, 6.07) is 20.0. The molecular formula is C34H34ClF6N3O5S. The molecule has 16 heteroatoms. The number of alkyl halides is 7. The van der Waals surface area contributed by atoms with E-state index in [2.05, 4.69) is 4.72 Å². The van der Waals surface area contributed by atoms with E-state index in [0.29, 0.717) is 23.3 Å². The minimum Gasteiger partial charge on any atom is -0.445 e. The Morgan fingerprint density at radius 3 is 2.10 bits per heavy atom. The smallest absolute Gasteiger partial charge is 0.416 e. The van der Waals surface area contributed by atoms with Crippen molar-refractivity contribution >= 4 is 27.7 Å².